The molecule has 25 heavy (non-hydrogen) atoms. The fraction of sp³-hybridized carbons (Fsp3) is 0.190. The van der Waals surface area contributed by atoms with E-state index in [1.165, 1.54) is 0 Å². The Bertz CT molecular complexity index is 802. The Hall–Kier alpha value is -3.01. The van der Waals surface area contributed by atoms with E-state index < -0.39 is 0 Å². The van der Waals surface area contributed by atoms with Crippen LogP contribution in [-0.4, -0.2) is 15.9 Å². The van der Waals surface area contributed by atoms with Gasteiger partial charge in [0.25, 0.3) is 0 Å². The number of amides is 1. The second-order valence-corrected chi connectivity index (χ2v) is 5.97. The smallest absolute Gasteiger partial charge is 0.220 e. The van der Waals surface area contributed by atoms with Crippen LogP contribution < -0.4 is 5.32 Å². The molecule has 1 atom stereocenters. The van der Waals surface area contributed by atoms with Crippen LogP contribution in [0.3, 0.4) is 0 Å². The summed E-state index contributed by atoms with van der Waals surface area (Å²) in [5.74, 6) is 0.0366. The minimum atomic E-state index is -0.0285. The molecular weight excluding hydrogens is 310 g/mol. The third-order valence-corrected chi connectivity index (χ3v) is 4.12. The van der Waals surface area contributed by atoms with Crippen LogP contribution in [0.1, 0.15) is 30.6 Å². The molecule has 1 amide bonds. The topological polar surface area (TPSA) is 54.9 Å². The van der Waals surface area contributed by atoms with Crippen LogP contribution in [0.4, 0.5) is 0 Å². The molecule has 3 rings (SSSR count). The summed E-state index contributed by atoms with van der Waals surface area (Å²) in [7, 11) is 0. The predicted octanol–water partition coefficient (Wildman–Crippen LogP) is 3.95. The van der Waals surface area contributed by atoms with E-state index in [-0.39, 0.29) is 11.9 Å². The summed E-state index contributed by atoms with van der Waals surface area (Å²) >= 11 is 0. The summed E-state index contributed by atoms with van der Waals surface area (Å²) in [6.45, 7) is 2.00. The number of aryl methyl sites for hydroxylation is 1. The molecule has 0 bridgehead atoms. The highest BCUT2D eigenvalue weighted by molar-refractivity contribution is 5.76. The lowest BCUT2D eigenvalue weighted by Gasteiger charge is -2.15. The zero-order valence-electron chi connectivity index (χ0n) is 14.2. The minimum Gasteiger partial charge on any atom is -0.350 e. The van der Waals surface area contributed by atoms with E-state index in [0.29, 0.717) is 12.8 Å². The molecule has 0 aliphatic rings. The normalized spacial score (nSPS) is 11.7. The molecule has 3 aromatic rings. The van der Waals surface area contributed by atoms with Gasteiger partial charge in [-0.25, -0.2) is 0 Å². The van der Waals surface area contributed by atoms with Crippen LogP contribution in [0.15, 0.2) is 73.2 Å². The van der Waals surface area contributed by atoms with Gasteiger partial charge >= 0.3 is 0 Å². The number of rotatable bonds is 6. The molecule has 4 heteroatoms. The minimum absolute atomic E-state index is 0.0285. The predicted molar refractivity (Wildman–Crippen MR) is 98.8 cm³/mol. The van der Waals surface area contributed by atoms with Gasteiger partial charge in [0.05, 0.1) is 6.04 Å². The number of carbonyl (C=O) groups excluding carboxylic acids is 1. The largest absolute Gasteiger partial charge is 0.350 e. The number of aromatic nitrogens is 2. The Morgan fingerprint density at radius 1 is 1.00 bits per heavy atom. The Morgan fingerprint density at radius 3 is 2.52 bits per heavy atom. The van der Waals surface area contributed by atoms with E-state index in [2.05, 4.69) is 27.4 Å². The molecule has 0 saturated carbocycles. The van der Waals surface area contributed by atoms with E-state index in [1.54, 1.807) is 12.4 Å². The molecule has 0 aliphatic carbocycles. The second kappa shape index (κ2) is 8.20. The van der Waals surface area contributed by atoms with Crippen LogP contribution in [0, 0.1) is 0 Å². The standard InChI is InChI=1S/C21H21N3O/c1-16(24-21(25)12-11-20-6-2-3-14-23-20)17-7-9-18(10-8-17)19-5-4-13-22-15-19/h2-10,13-16H,11-12H2,1H3,(H,24,25)/t16-/m0/s1. The maximum atomic E-state index is 12.1. The van der Waals surface area contributed by atoms with Crippen molar-refractivity contribution in [3.05, 3.63) is 84.4 Å². The zero-order chi connectivity index (χ0) is 17.5. The van der Waals surface area contributed by atoms with Crippen molar-refractivity contribution >= 4 is 5.91 Å². The number of nitrogens with zero attached hydrogens (tertiary/aromatic N) is 2. The van der Waals surface area contributed by atoms with Gasteiger partial charge in [-0.05, 0) is 48.2 Å². The second-order valence-electron chi connectivity index (χ2n) is 5.97. The van der Waals surface area contributed by atoms with E-state index in [1.807, 2.05) is 55.6 Å². The lowest BCUT2D eigenvalue weighted by molar-refractivity contribution is -0.121. The van der Waals surface area contributed by atoms with E-state index in [4.69, 9.17) is 0 Å². The van der Waals surface area contributed by atoms with Crippen LogP contribution >= 0.6 is 0 Å². The Balaban J connectivity index is 1.55. The molecule has 2 heterocycles. The van der Waals surface area contributed by atoms with E-state index >= 15 is 0 Å². The maximum Gasteiger partial charge on any atom is 0.220 e. The van der Waals surface area contributed by atoms with Crippen molar-refractivity contribution in [2.45, 2.75) is 25.8 Å². The Morgan fingerprint density at radius 2 is 1.84 bits per heavy atom. The SMILES string of the molecule is C[C@H](NC(=O)CCc1ccccn1)c1ccc(-c2cccnc2)cc1. The third kappa shape index (κ3) is 4.73. The van der Waals surface area contributed by atoms with Gasteiger partial charge in [0, 0.05) is 30.7 Å². The van der Waals surface area contributed by atoms with Gasteiger partial charge in [-0.15, -0.1) is 0 Å². The summed E-state index contributed by atoms with van der Waals surface area (Å²) in [4.78, 5) is 20.5. The summed E-state index contributed by atoms with van der Waals surface area (Å²) < 4.78 is 0. The molecule has 0 saturated heterocycles. The van der Waals surface area contributed by atoms with Crippen LogP contribution in [-0.2, 0) is 11.2 Å². The van der Waals surface area contributed by atoms with Crippen molar-refractivity contribution in [1.29, 1.82) is 0 Å². The monoisotopic (exact) mass is 331 g/mol. The Labute approximate surface area is 148 Å². The van der Waals surface area contributed by atoms with Crippen molar-refractivity contribution in [2.24, 2.45) is 0 Å². The van der Waals surface area contributed by atoms with E-state index in [0.717, 1.165) is 22.4 Å². The summed E-state index contributed by atoms with van der Waals surface area (Å²) in [5, 5.41) is 3.05. The summed E-state index contributed by atoms with van der Waals surface area (Å²) in [5.41, 5.74) is 4.22. The molecule has 1 N–H and O–H groups in total. The average molecular weight is 331 g/mol. The lowest BCUT2D eigenvalue weighted by atomic mass is 10.0. The summed E-state index contributed by atoms with van der Waals surface area (Å²) in [6.07, 6.45) is 6.45. The number of nitrogens with one attached hydrogen (secondary N) is 1. The zero-order valence-corrected chi connectivity index (χ0v) is 14.2. The first kappa shape index (κ1) is 16.8. The highest BCUT2D eigenvalue weighted by Crippen LogP contribution is 2.21. The highest BCUT2D eigenvalue weighted by atomic mass is 16.1. The molecule has 2 aromatic heterocycles. The quantitative estimate of drug-likeness (QED) is 0.744. The fourth-order valence-corrected chi connectivity index (χ4v) is 2.68. The van der Waals surface area contributed by atoms with Crippen molar-refractivity contribution in [3.8, 4) is 11.1 Å². The number of hydrogen-bond donors (Lipinski definition) is 1. The molecule has 0 spiro atoms. The highest BCUT2D eigenvalue weighted by Gasteiger charge is 2.10. The average Bonchev–Trinajstić information content (AvgIpc) is 2.68. The lowest BCUT2D eigenvalue weighted by Crippen LogP contribution is -2.26. The van der Waals surface area contributed by atoms with Crippen LogP contribution in [0.5, 0.6) is 0 Å². The first-order chi connectivity index (χ1) is 12.2. The van der Waals surface area contributed by atoms with Gasteiger partial charge in [-0.2, -0.15) is 0 Å². The molecule has 0 radical (unpaired) electrons. The van der Waals surface area contributed by atoms with Gasteiger partial charge in [-0.3, -0.25) is 14.8 Å². The third-order valence-electron chi connectivity index (χ3n) is 4.12. The van der Waals surface area contributed by atoms with Crippen molar-refractivity contribution < 1.29 is 4.79 Å². The van der Waals surface area contributed by atoms with Crippen molar-refractivity contribution in [1.82, 2.24) is 15.3 Å². The van der Waals surface area contributed by atoms with Gasteiger partial charge in [0.1, 0.15) is 0 Å². The van der Waals surface area contributed by atoms with Crippen molar-refractivity contribution in [2.75, 3.05) is 0 Å². The van der Waals surface area contributed by atoms with Crippen LogP contribution in [0.2, 0.25) is 0 Å². The molecule has 1 aromatic carbocycles. The Kier molecular flexibility index (Phi) is 5.52. The molecule has 0 fully saturated rings. The van der Waals surface area contributed by atoms with Gasteiger partial charge < -0.3 is 5.32 Å². The number of hydrogen-bond acceptors (Lipinski definition) is 3. The first-order valence-corrected chi connectivity index (χ1v) is 8.42. The van der Waals surface area contributed by atoms with Crippen LogP contribution in [0.25, 0.3) is 11.1 Å². The first-order valence-electron chi connectivity index (χ1n) is 8.42. The maximum absolute atomic E-state index is 12.1. The van der Waals surface area contributed by atoms with Gasteiger partial charge in [0.15, 0.2) is 0 Å². The van der Waals surface area contributed by atoms with Gasteiger partial charge in [0.2, 0.25) is 5.91 Å². The molecule has 0 aliphatic heterocycles. The number of benzene rings is 1. The number of pyridine rings is 2. The van der Waals surface area contributed by atoms with E-state index in [9.17, 15) is 4.79 Å². The molecule has 4 nitrogen and oxygen atoms in total. The molecule has 0 unspecified atom stereocenters. The summed E-state index contributed by atoms with van der Waals surface area (Å²) in [6, 6.07) is 17.9. The fourth-order valence-electron chi connectivity index (χ4n) is 2.68. The molecular formula is C21H21N3O. The van der Waals surface area contributed by atoms with Crippen molar-refractivity contribution in [3.63, 3.8) is 0 Å². The van der Waals surface area contributed by atoms with Gasteiger partial charge in [-0.1, -0.05) is 36.4 Å². The molecule has 126 valence electrons. The number of carbonyl (C=O) groups is 1.